The number of hydrogen-bond acceptors (Lipinski definition) is 3. The van der Waals surface area contributed by atoms with Crippen LogP contribution in [-0.2, 0) is 0 Å². The smallest absolute Gasteiger partial charge is 0.0985 e. The van der Waals surface area contributed by atoms with E-state index in [2.05, 4.69) is 18.9 Å². The summed E-state index contributed by atoms with van der Waals surface area (Å²) < 4.78 is 2.80. The Balaban J connectivity index is 2.45. The Morgan fingerprint density at radius 2 is 2.12 bits per heavy atom. The molecule has 17 heavy (non-hydrogen) atoms. The van der Waals surface area contributed by atoms with Crippen molar-refractivity contribution in [3.8, 4) is 0 Å². The molecule has 5 heteroatoms. The zero-order valence-corrected chi connectivity index (χ0v) is 11.8. The first-order chi connectivity index (χ1) is 8.04. The van der Waals surface area contributed by atoms with E-state index in [4.69, 9.17) is 17.3 Å². The first-order valence-electron chi connectivity index (χ1n) is 5.52. The summed E-state index contributed by atoms with van der Waals surface area (Å²) >= 11 is 7.54. The molecule has 0 amide bonds. The number of aromatic nitrogens is 2. The largest absolute Gasteiger partial charge is 0.328 e. The van der Waals surface area contributed by atoms with Crippen molar-refractivity contribution in [2.75, 3.05) is 6.54 Å². The van der Waals surface area contributed by atoms with Gasteiger partial charge < -0.3 is 5.73 Å². The van der Waals surface area contributed by atoms with E-state index in [1.807, 2.05) is 23.7 Å². The first-order valence-corrected chi connectivity index (χ1v) is 6.71. The van der Waals surface area contributed by atoms with E-state index in [1.54, 1.807) is 11.3 Å². The lowest BCUT2D eigenvalue weighted by atomic mass is 10.2. The highest BCUT2D eigenvalue weighted by Gasteiger charge is 2.19. The van der Waals surface area contributed by atoms with Gasteiger partial charge in [0, 0.05) is 17.1 Å². The average molecular weight is 270 g/mol. The van der Waals surface area contributed by atoms with Crippen LogP contribution in [0.3, 0.4) is 0 Å². The molecule has 0 aliphatic heterocycles. The molecule has 0 aliphatic rings. The third-order valence-corrected chi connectivity index (χ3v) is 4.46. The van der Waals surface area contributed by atoms with E-state index >= 15 is 0 Å². The van der Waals surface area contributed by atoms with Crippen LogP contribution in [0.2, 0.25) is 4.34 Å². The van der Waals surface area contributed by atoms with Gasteiger partial charge in [0.1, 0.15) is 0 Å². The van der Waals surface area contributed by atoms with Crippen LogP contribution in [0.4, 0.5) is 0 Å². The van der Waals surface area contributed by atoms with Crippen LogP contribution in [0.5, 0.6) is 0 Å². The molecule has 0 saturated heterocycles. The van der Waals surface area contributed by atoms with E-state index in [-0.39, 0.29) is 6.04 Å². The molecule has 2 N–H and O–H groups in total. The topological polar surface area (TPSA) is 43.8 Å². The Hall–Kier alpha value is -0.840. The highest BCUT2D eigenvalue weighted by molar-refractivity contribution is 7.16. The summed E-state index contributed by atoms with van der Waals surface area (Å²) in [4.78, 5) is 1.16. The standard InChI is InChI=1S/C12H16ClN3S/c1-7-8(2)15-16(9(7)3)10(6-14)11-4-5-12(13)17-11/h4-5,10H,6,14H2,1-3H3. The van der Waals surface area contributed by atoms with Gasteiger partial charge in [-0.2, -0.15) is 5.10 Å². The second-order valence-corrected chi connectivity index (χ2v) is 5.88. The van der Waals surface area contributed by atoms with Gasteiger partial charge in [-0.15, -0.1) is 11.3 Å². The number of halogens is 1. The van der Waals surface area contributed by atoms with Gasteiger partial charge in [0.05, 0.1) is 16.1 Å². The van der Waals surface area contributed by atoms with Crippen molar-refractivity contribution in [3.05, 3.63) is 38.3 Å². The maximum Gasteiger partial charge on any atom is 0.0985 e. The fourth-order valence-corrected chi connectivity index (χ4v) is 3.05. The third-order valence-electron chi connectivity index (χ3n) is 3.13. The summed E-state index contributed by atoms with van der Waals surface area (Å²) in [6.07, 6.45) is 0. The van der Waals surface area contributed by atoms with Gasteiger partial charge in [0.15, 0.2) is 0 Å². The lowest BCUT2D eigenvalue weighted by Gasteiger charge is -2.15. The fourth-order valence-electron chi connectivity index (χ4n) is 1.89. The molecular weight excluding hydrogens is 254 g/mol. The Morgan fingerprint density at radius 1 is 1.41 bits per heavy atom. The van der Waals surface area contributed by atoms with Gasteiger partial charge in [0.2, 0.25) is 0 Å². The third kappa shape index (κ3) is 2.25. The highest BCUT2D eigenvalue weighted by Crippen LogP contribution is 2.30. The monoisotopic (exact) mass is 269 g/mol. The van der Waals surface area contributed by atoms with Crippen LogP contribution in [0.25, 0.3) is 0 Å². The summed E-state index contributed by atoms with van der Waals surface area (Å²) in [5.74, 6) is 0. The van der Waals surface area contributed by atoms with Crippen molar-refractivity contribution in [3.63, 3.8) is 0 Å². The van der Waals surface area contributed by atoms with Crippen molar-refractivity contribution >= 4 is 22.9 Å². The van der Waals surface area contributed by atoms with E-state index in [1.165, 1.54) is 11.3 Å². The zero-order chi connectivity index (χ0) is 12.6. The summed E-state index contributed by atoms with van der Waals surface area (Å²) in [7, 11) is 0. The van der Waals surface area contributed by atoms with Crippen LogP contribution in [-0.4, -0.2) is 16.3 Å². The van der Waals surface area contributed by atoms with Gasteiger partial charge in [-0.1, -0.05) is 11.6 Å². The first kappa shape index (κ1) is 12.6. The quantitative estimate of drug-likeness (QED) is 0.931. The minimum absolute atomic E-state index is 0.0832. The molecule has 0 aliphatic carbocycles. The number of hydrogen-bond donors (Lipinski definition) is 1. The van der Waals surface area contributed by atoms with E-state index in [9.17, 15) is 0 Å². The van der Waals surface area contributed by atoms with Gasteiger partial charge in [-0.25, -0.2) is 0 Å². The highest BCUT2D eigenvalue weighted by atomic mass is 35.5. The number of rotatable bonds is 3. The second-order valence-electron chi connectivity index (χ2n) is 4.13. The molecule has 0 aromatic carbocycles. The Labute approximate surface area is 110 Å². The molecule has 0 saturated carbocycles. The van der Waals surface area contributed by atoms with Gasteiger partial charge in [-0.05, 0) is 38.5 Å². The van der Waals surface area contributed by atoms with Crippen LogP contribution in [0.15, 0.2) is 12.1 Å². The molecule has 0 fully saturated rings. The maximum absolute atomic E-state index is 5.97. The molecule has 0 spiro atoms. The van der Waals surface area contributed by atoms with E-state index < -0.39 is 0 Å². The number of thiophene rings is 1. The molecule has 2 heterocycles. The maximum atomic E-state index is 5.97. The van der Waals surface area contributed by atoms with Crippen molar-refractivity contribution in [1.29, 1.82) is 0 Å². The molecule has 2 aromatic rings. The summed E-state index contributed by atoms with van der Waals surface area (Å²) in [6.45, 7) is 6.71. The average Bonchev–Trinajstić information content (AvgIpc) is 2.82. The van der Waals surface area contributed by atoms with Gasteiger partial charge in [0.25, 0.3) is 0 Å². The van der Waals surface area contributed by atoms with Gasteiger partial charge >= 0.3 is 0 Å². The number of nitrogens with zero attached hydrogens (tertiary/aromatic N) is 2. The fraction of sp³-hybridized carbons (Fsp3) is 0.417. The lowest BCUT2D eigenvalue weighted by molar-refractivity contribution is 0.523. The summed E-state index contributed by atoms with van der Waals surface area (Å²) in [5, 5.41) is 4.57. The SMILES string of the molecule is Cc1nn(C(CN)c2ccc(Cl)s2)c(C)c1C. The molecular formula is C12H16ClN3S. The molecule has 1 unspecified atom stereocenters. The van der Waals surface area contributed by atoms with Crippen molar-refractivity contribution < 1.29 is 0 Å². The van der Waals surface area contributed by atoms with Crippen molar-refractivity contribution in [2.45, 2.75) is 26.8 Å². The predicted molar refractivity (Wildman–Crippen MR) is 73.0 cm³/mol. The van der Waals surface area contributed by atoms with E-state index in [0.717, 1.165) is 14.9 Å². The van der Waals surface area contributed by atoms with Crippen molar-refractivity contribution in [2.24, 2.45) is 5.73 Å². The minimum Gasteiger partial charge on any atom is -0.328 e. The van der Waals surface area contributed by atoms with Crippen LogP contribution >= 0.6 is 22.9 Å². The lowest BCUT2D eigenvalue weighted by Crippen LogP contribution is -2.21. The molecule has 0 radical (unpaired) electrons. The second kappa shape index (κ2) is 4.80. The van der Waals surface area contributed by atoms with E-state index in [0.29, 0.717) is 6.54 Å². The zero-order valence-electron chi connectivity index (χ0n) is 10.2. The number of nitrogens with two attached hydrogens (primary N) is 1. The molecule has 2 aromatic heterocycles. The normalized spacial score (nSPS) is 13.0. The summed E-state index contributed by atoms with van der Waals surface area (Å²) in [6, 6.07) is 4.01. The summed E-state index contributed by atoms with van der Waals surface area (Å²) in [5.41, 5.74) is 9.33. The van der Waals surface area contributed by atoms with Crippen LogP contribution < -0.4 is 5.73 Å². The Morgan fingerprint density at radius 3 is 2.53 bits per heavy atom. The van der Waals surface area contributed by atoms with Gasteiger partial charge in [-0.3, -0.25) is 4.68 Å². The molecule has 0 bridgehead atoms. The molecule has 92 valence electrons. The molecule has 2 rings (SSSR count). The van der Waals surface area contributed by atoms with Crippen LogP contribution in [0, 0.1) is 20.8 Å². The predicted octanol–water partition coefficient (Wildman–Crippen LogP) is 3.07. The van der Waals surface area contributed by atoms with Crippen LogP contribution in [0.1, 0.15) is 27.9 Å². The minimum atomic E-state index is 0.0832. The Bertz CT molecular complexity index is 530. The van der Waals surface area contributed by atoms with Crippen molar-refractivity contribution in [1.82, 2.24) is 9.78 Å². The number of aryl methyl sites for hydroxylation is 1. The molecule has 3 nitrogen and oxygen atoms in total. The molecule has 1 atom stereocenters. The Kier molecular flexibility index (Phi) is 3.56.